The number of ketones is 1. The summed E-state index contributed by atoms with van der Waals surface area (Å²) in [5.74, 6) is 0.442. The van der Waals surface area contributed by atoms with Crippen molar-refractivity contribution in [3.05, 3.63) is 51.2 Å². The number of hydrogen-bond acceptors (Lipinski definition) is 7. The van der Waals surface area contributed by atoms with Gasteiger partial charge in [0.05, 0.1) is 4.92 Å². The summed E-state index contributed by atoms with van der Waals surface area (Å²) in [6.45, 7) is 4.08. The minimum atomic E-state index is -0.565. The number of hydrogen-bond donors (Lipinski definition) is 1. The maximum Gasteiger partial charge on any atom is 0.269 e. The number of rotatable bonds is 2. The lowest BCUT2D eigenvalue weighted by Gasteiger charge is -2.37. The number of allylic oxidation sites excluding steroid dienone is 2. The number of tetrazole rings is 1. The zero-order valence-corrected chi connectivity index (χ0v) is 13.8. The molecule has 0 saturated heterocycles. The molecule has 25 heavy (non-hydrogen) atoms. The molecule has 0 amide bonds. The third-order valence-electron chi connectivity index (χ3n) is 4.59. The molecule has 1 N–H and O–H groups in total. The first kappa shape index (κ1) is 15.4. The quantitative estimate of drug-likeness (QED) is 0.658. The molecule has 1 aliphatic carbocycles. The summed E-state index contributed by atoms with van der Waals surface area (Å²) in [5.41, 5.74) is 1.80. The third-order valence-corrected chi connectivity index (χ3v) is 4.59. The number of carbonyl (C=O) groups excluding carboxylic acids is 1. The molecule has 1 aromatic carbocycles. The Balaban J connectivity index is 1.90. The highest BCUT2D eigenvalue weighted by atomic mass is 16.6. The molecular weight excluding hydrogens is 324 g/mol. The van der Waals surface area contributed by atoms with Crippen LogP contribution in [0.25, 0.3) is 0 Å². The van der Waals surface area contributed by atoms with E-state index in [0.29, 0.717) is 29.9 Å². The first-order valence-corrected chi connectivity index (χ1v) is 7.91. The van der Waals surface area contributed by atoms with Crippen molar-refractivity contribution in [3.63, 3.8) is 0 Å². The molecule has 1 aromatic heterocycles. The van der Waals surface area contributed by atoms with Gasteiger partial charge in [-0.3, -0.25) is 14.9 Å². The van der Waals surface area contributed by atoms with Crippen molar-refractivity contribution in [3.8, 4) is 0 Å². The van der Waals surface area contributed by atoms with Crippen LogP contribution in [0.1, 0.15) is 38.3 Å². The van der Waals surface area contributed by atoms with E-state index in [1.54, 1.807) is 12.1 Å². The van der Waals surface area contributed by atoms with Crippen LogP contribution >= 0.6 is 0 Å². The Bertz CT molecular complexity index is 929. The molecular formula is C16H16N6O3. The van der Waals surface area contributed by atoms with Gasteiger partial charge in [0.15, 0.2) is 5.78 Å². The molecule has 9 heteroatoms. The van der Waals surface area contributed by atoms with Crippen LogP contribution in [-0.4, -0.2) is 30.9 Å². The Hall–Kier alpha value is -3.10. The predicted octanol–water partition coefficient (Wildman–Crippen LogP) is 2.24. The van der Waals surface area contributed by atoms with Gasteiger partial charge in [-0.05, 0) is 27.8 Å². The average Bonchev–Trinajstić information content (AvgIpc) is 2.99. The van der Waals surface area contributed by atoms with Gasteiger partial charge in [0.2, 0.25) is 5.95 Å². The summed E-state index contributed by atoms with van der Waals surface area (Å²) in [6.07, 6.45) is 1.10. The molecule has 2 heterocycles. The second-order valence-corrected chi connectivity index (χ2v) is 7.16. The highest BCUT2D eigenvalue weighted by Crippen LogP contribution is 2.45. The standard InChI is InChI=1S/C16H16N6O3/c1-16(2)7-11-13(12(23)8-16)14(21-15(17-11)18-19-20-21)9-4-3-5-10(6-9)22(24)25/h3-6,14H,7-8H2,1-2H3,(H,17,18,20)/t14-/m1/s1. The molecule has 9 nitrogen and oxygen atoms in total. The summed E-state index contributed by atoms with van der Waals surface area (Å²) in [7, 11) is 0. The van der Waals surface area contributed by atoms with Crippen molar-refractivity contribution in [2.75, 3.05) is 5.32 Å². The molecule has 0 fully saturated rings. The number of nitrogens with zero attached hydrogens (tertiary/aromatic N) is 5. The van der Waals surface area contributed by atoms with Crippen LogP contribution in [-0.2, 0) is 4.79 Å². The number of carbonyl (C=O) groups is 1. The smallest absolute Gasteiger partial charge is 0.269 e. The van der Waals surface area contributed by atoms with Crippen LogP contribution < -0.4 is 5.32 Å². The Morgan fingerprint density at radius 1 is 1.36 bits per heavy atom. The Kier molecular flexibility index (Phi) is 3.21. The van der Waals surface area contributed by atoms with Crippen LogP contribution in [0.3, 0.4) is 0 Å². The van der Waals surface area contributed by atoms with E-state index in [0.717, 1.165) is 5.70 Å². The number of Topliss-reactive ketones (excluding diaryl/α,β-unsaturated/α-hetero) is 1. The SMILES string of the molecule is CC1(C)CC(=O)C2=C(C1)Nc1nnnn1[C@@H]2c1cccc([N+](=O)[O-])c1. The van der Waals surface area contributed by atoms with E-state index in [-0.39, 0.29) is 16.9 Å². The van der Waals surface area contributed by atoms with Gasteiger partial charge in [-0.1, -0.05) is 31.1 Å². The molecule has 2 aliphatic rings. The largest absolute Gasteiger partial charge is 0.326 e. The molecule has 1 aliphatic heterocycles. The minimum absolute atomic E-state index is 0.0106. The molecule has 0 bridgehead atoms. The maximum atomic E-state index is 12.9. The number of nitro groups is 1. The Morgan fingerprint density at radius 3 is 2.92 bits per heavy atom. The molecule has 0 spiro atoms. The average molecular weight is 340 g/mol. The van der Waals surface area contributed by atoms with Crippen molar-refractivity contribution < 1.29 is 9.72 Å². The monoisotopic (exact) mass is 340 g/mol. The molecule has 0 radical (unpaired) electrons. The lowest BCUT2D eigenvalue weighted by molar-refractivity contribution is -0.384. The van der Waals surface area contributed by atoms with Gasteiger partial charge in [0, 0.05) is 29.8 Å². The van der Waals surface area contributed by atoms with Crippen LogP contribution in [0.15, 0.2) is 35.5 Å². The van der Waals surface area contributed by atoms with Gasteiger partial charge in [0.1, 0.15) is 6.04 Å². The normalized spacial score (nSPS) is 21.4. The van der Waals surface area contributed by atoms with Crippen molar-refractivity contribution in [2.45, 2.75) is 32.7 Å². The fraction of sp³-hybridized carbons (Fsp3) is 0.375. The number of benzene rings is 1. The minimum Gasteiger partial charge on any atom is -0.326 e. The molecule has 1 atom stereocenters. The fourth-order valence-corrected chi connectivity index (χ4v) is 3.59. The summed E-state index contributed by atoms with van der Waals surface area (Å²) in [5, 5.41) is 25.9. The van der Waals surface area contributed by atoms with E-state index in [9.17, 15) is 14.9 Å². The lowest BCUT2D eigenvalue weighted by atomic mass is 9.73. The summed E-state index contributed by atoms with van der Waals surface area (Å²) >= 11 is 0. The van der Waals surface area contributed by atoms with E-state index in [1.807, 2.05) is 13.8 Å². The molecule has 2 aromatic rings. The van der Waals surface area contributed by atoms with Crippen molar-refractivity contribution in [1.82, 2.24) is 20.2 Å². The van der Waals surface area contributed by atoms with E-state index < -0.39 is 11.0 Å². The summed E-state index contributed by atoms with van der Waals surface area (Å²) < 4.78 is 1.51. The summed E-state index contributed by atoms with van der Waals surface area (Å²) in [4.78, 5) is 23.5. The second-order valence-electron chi connectivity index (χ2n) is 7.16. The zero-order valence-electron chi connectivity index (χ0n) is 13.8. The highest BCUT2D eigenvalue weighted by Gasteiger charge is 2.42. The Morgan fingerprint density at radius 2 is 2.16 bits per heavy atom. The van der Waals surface area contributed by atoms with Gasteiger partial charge in [-0.15, -0.1) is 0 Å². The topological polar surface area (TPSA) is 116 Å². The first-order chi connectivity index (χ1) is 11.9. The van der Waals surface area contributed by atoms with Crippen molar-refractivity contribution in [1.29, 1.82) is 0 Å². The van der Waals surface area contributed by atoms with Crippen LogP contribution in [0, 0.1) is 15.5 Å². The number of aromatic nitrogens is 4. The van der Waals surface area contributed by atoms with E-state index >= 15 is 0 Å². The van der Waals surface area contributed by atoms with E-state index in [2.05, 4.69) is 20.8 Å². The van der Waals surface area contributed by atoms with Gasteiger partial charge in [-0.25, -0.2) is 0 Å². The van der Waals surface area contributed by atoms with Crippen molar-refractivity contribution >= 4 is 17.4 Å². The zero-order chi connectivity index (χ0) is 17.8. The maximum absolute atomic E-state index is 12.9. The Labute approximate surface area is 142 Å². The molecule has 4 rings (SSSR count). The number of non-ortho nitro benzene ring substituents is 1. The molecule has 0 unspecified atom stereocenters. The first-order valence-electron chi connectivity index (χ1n) is 7.91. The van der Waals surface area contributed by atoms with Gasteiger partial charge in [-0.2, -0.15) is 4.68 Å². The van der Waals surface area contributed by atoms with E-state index in [4.69, 9.17) is 0 Å². The number of fused-ring (bicyclic) bond motifs is 1. The van der Waals surface area contributed by atoms with Crippen molar-refractivity contribution in [2.24, 2.45) is 5.41 Å². The van der Waals surface area contributed by atoms with Gasteiger partial charge in [0.25, 0.3) is 5.69 Å². The van der Waals surface area contributed by atoms with Gasteiger partial charge >= 0.3 is 0 Å². The molecule has 128 valence electrons. The van der Waals surface area contributed by atoms with Crippen LogP contribution in [0.4, 0.5) is 11.6 Å². The number of nitrogens with one attached hydrogen (secondary N) is 1. The highest BCUT2D eigenvalue weighted by molar-refractivity contribution is 6.00. The fourth-order valence-electron chi connectivity index (χ4n) is 3.59. The lowest BCUT2D eigenvalue weighted by Crippen LogP contribution is -2.36. The van der Waals surface area contributed by atoms with E-state index in [1.165, 1.54) is 16.8 Å². The van der Waals surface area contributed by atoms with Crippen LogP contribution in [0.2, 0.25) is 0 Å². The molecule has 0 saturated carbocycles. The number of anilines is 1. The van der Waals surface area contributed by atoms with Crippen LogP contribution in [0.5, 0.6) is 0 Å². The number of nitro benzene ring substituents is 1. The summed E-state index contributed by atoms with van der Waals surface area (Å²) in [6, 6.07) is 5.69. The predicted molar refractivity (Wildman–Crippen MR) is 87.7 cm³/mol. The third kappa shape index (κ3) is 2.48. The van der Waals surface area contributed by atoms with Gasteiger partial charge < -0.3 is 5.32 Å². The second kappa shape index (κ2) is 5.20.